The second kappa shape index (κ2) is 6.74. The lowest BCUT2D eigenvalue weighted by Gasteiger charge is -2.23. The summed E-state index contributed by atoms with van der Waals surface area (Å²) in [5, 5.41) is 0. The summed E-state index contributed by atoms with van der Waals surface area (Å²) in [4.78, 5) is 1.28. The Morgan fingerprint density at radius 1 is 1.47 bits per heavy atom. The van der Waals surface area contributed by atoms with Gasteiger partial charge in [0.15, 0.2) is 0 Å². The first-order valence-corrected chi connectivity index (χ1v) is 7.55. The van der Waals surface area contributed by atoms with Gasteiger partial charge in [-0.3, -0.25) is 0 Å². The summed E-state index contributed by atoms with van der Waals surface area (Å²) < 4.78 is 6.56. The van der Waals surface area contributed by atoms with Gasteiger partial charge in [-0.15, -0.1) is 11.3 Å². The second-order valence-corrected chi connectivity index (χ2v) is 6.54. The molecule has 1 saturated heterocycles. The van der Waals surface area contributed by atoms with Crippen molar-refractivity contribution in [2.75, 3.05) is 6.61 Å². The van der Waals surface area contributed by atoms with Crippen LogP contribution in [0, 0.1) is 0 Å². The summed E-state index contributed by atoms with van der Waals surface area (Å²) in [6.45, 7) is 0.931. The van der Waals surface area contributed by atoms with Crippen molar-refractivity contribution >= 4 is 22.9 Å². The van der Waals surface area contributed by atoms with E-state index < -0.39 is 0 Å². The Morgan fingerprint density at radius 2 is 2.35 bits per heavy atom. The normalized spacial score (nSPS) is 22.6. The Bertz CT molecular complexity index is 336. The van der Waals surface area contributed by atoms with E-state index in [1.165, 1.54) is 24.1 Å². The molecule has 1 fully saturated rings. The number of hydrogen-bond donors (Lipinski definition) is 1. The van der Waals surface area contributed by atoms with Gasteiger partial charge in [0.2, 0.25) is 0 Å². The third-order valence-corrected chi connectivity index (χ3v) is 4.48. The van der Waals surface area contributed by atoms with E-state index in [0.29, 0.717) is 6.10 Å². The van der Waals surface area contributed by atoms with E-state index >= 15 is 0 Å². The van der Waals surface area contributed by atoms with Crippen LogP contribution in [0.15, 0.2) is 12.1 Å². The van der Waals surface area contributed by atoms with Crippen molar-refractivity contribution in [3.05, 3.63) is 21.3 Å². The van der Waals surface area contributed by atoms with Gasteiger partial charge in [0.05, 0.1) is 10.4 Å². The maximum Gasteiger partial charge on any atom is 0.0931 e. The van der Waals surface area contributed by atoms with Gasteiger partial charge in [-0.05, 0) is 50.7 Å². The zero-order valence-corrected chi connectivity index (χ0v) is 11.6. The molecule has 0 spiro atoms. The highest BCUT2D eigenvalue weighted by Gasteiger charge is 2.15. The molecule has 0 aromatic carbocycles. The molecule has 2 atom stereocenters. The van der Waals surface area contributed by atoms with Crippen molar-refractivity contribution in [2.24, 2.45) is 5.73 Å². The summed E-state index contributed by atoms with van der Waals surface area (Å²) in [6.07, 6.45) is 7.25. The van der Waals surface area contributed by atoms with E-state index in [2.05, 4.69) is 6.07 Å². The third kappa shape index (κ3) is 4.59. The second-order valence-electron chi connectivity index (χ2n) is 4.74. The monoisotopic (exact) mass is 273 g/mol. The van der Waals surface area contributed by atoms with Crippen LogP contribution in [0.3, 0.4) is 0 Å². The Kier molecular flexibility index (Phi) is 5.29. The summed E-state index contributed by atoms with van der Waals surface area (Å²) in [7, 11) is 0. The molecule has 96 valence electrons. The largest absolute Gasteiger partial charge is 0.378 e. The molecule has 1 aliphatic rings. The fourth-order valence-corrected chi connectivity index (χ4v) is 3.44. The van der Waals surface area contributed by atoms with Crippen LogP contribution in [0.2, 0.25) is 4.34 Å². The number of rotatable bonds is 5. The summed E-state index contributed by atoms with van der Waals surface area (Å²) in [5.41, 5.74) is 6.14. The number of ether oxygens (including phenoxy) is 1. The van der Waals surface area contributed by atoms with Crippen LogP contribution in [0.4, 0.5) is 0 Å². The Balaban J connectivity index is 1.68. The van der Waals surface area contributed by atoms with Gasteiger partial charge in [0.1, 0.15) is 0 Å². The van der Waals surface area contributed by atoms with Crippen molar-refractivity contribution in [1.29, 1.82) is 0 Å². The molecule has 0 radical (unpaired) electrons. The van der Waals surface area contributed by atoms with E-state index in [1.54, 1.807) is 11.3 Å². The lowest BCUT2D eigenvalue weighted by molar-refractivity contribution is 0.00916. The van der Waals surface area contributed by atoms with Gasteiger partial charge in [-0.2, -0.15) is 0 Å². The minimum atomic E-state index is 0.232. The summed E-state index contributed by atoms with van der Waals surface area (Å²) in [5.74, 6) is 0. The van der Waals surface area contributed by atoms with Gasteiger partial charge in [0.25, 0.3) is 0 Å². The van der Waals surface area contributed by atoms with Crippen LogP contribution in [-0.4, -0.2) is 18.8 Å². The molecular formula is C13H20ClNOS. The predicted molar refractivity (Wildman–Crippen MR) is 73.8 cm³/mol. The van der Waals surface area contributed by atoms with Gasteiger partial charge >= 0.3 is 0 Å². The first-order valence-electron chi connectivity index (χ1n) is 6.35. The molecule has 0 bridgehead atoms. The van der Waals surface area contributed by atoms with Gasteiger partial charge < -0.3 is 10.5 Å². The van der Waals surface area contributed by atoms with Crippen LogP contribution in [-0.2, 0) is 11.2 Å². The molecule has 2 rings (SSSR count). The van der Waals surface area contributed by atoms with Gasteiger partial charge in [-0.1, -0.05) is 11.6 Å². The molecule has 2 heterocycles. The fraction of sp³-hybridized carbons (Fsp3) is 0.692. The lowest BCUT2D eigenvalue weighted by atomic mass is 10.0. The van der Waals surface area contributed by atoms with Crippen LogP contribution in [0.5, 0.6) is 0 Å². The van der Waals surface area contributed by atoms with Gasteiger partial charge in [-0.25, -0.2) is 0 Å². The average Bonchev–Trinajstić information content (AvgIpc) is 2.73. The standard InChI is InChI=1S/C13H20ClNOS/c14-13-7-6-12(17-13)9-10(15)4-5-11-3-1-2-8-16-11/h6-7,10-11H,1-5,8-9,15H2. The van der Waals surface area contributed by atoms with Crippen molar-refractivity contribution in [2.45, 2.75) is 50.7 Å². The topological polar surface area (TPSA) is 35.2 Å². The Labute approximate surface area is 112 Å². The van der Waals surface area contributed by atoms with E-state index in [9.17, 15) is 0 Å². The highest BCUT2D eigenvalue weighted by molar-refractivity contribution is 7.16. The first kappa shape index (κ1) is 13.3. The number of hydrogen-bond acceptors (Lipinski definition) is 3. The van der Waals surface area contributed by atoms with E-state index in [0.717, 1.165) is 30.2 Å². The van der Waals surface area contributed by atoms with Crippen LogP contribution in [0.1, 0.15) is 37.0 Å². The summed E-state index contributed by atoms with van der Waals surface area (Å²) >= 11 is 7.53. The molecule has 1 aromatic heterocycles. The number of thiophene rings is 1. The maximum absolute atomic E-state index is 6.14. The molecule has 0 aliphatic carbocycles. The minimum Gasteiger partial charge on any atom is -0.378 e. The van der Waals surface area contributed by atoms with Crippen molar-refractivity contribution < 1.29 is 4.74 Å². The van der Waals surface area contributed by atoms with Crippen molar-refractivity contribution in [1.82, 2.24) is 0 Å². The zero-order chi connectivity index (χ0) is 12.1. The molecule has 17 heavy (non-hydrogen) atoms. The van der Waals surface area contributed by atoms with Crippen LogP contribution in [0.25, 0.3) is 0 Å². The quantitative estimate of drug-likeness (QED) is 0.889. The van der Waals surface area contributed by atoms with Crippen LogP contribution < -0.4 is 5.73 Å². The summed E-state index contributed by atoms with van der Waals surface area (Å²) in [6, 6.07) is 4.25. The SMILES string of the molecule is NC(CCC1CCCCO1)Cc1ccc(Cl)s1. The molecule has 0 amide bonds. The predicted octanol–water partition coefficient (Wildman–Crippen LogP) is 3.62. The van der Waals surface area contributed by atoms with Gasteiger partial charge in [0, 0.05) is 17.5 Å². The molecule has 2 nitrogen and oxygen atoms in total. The highest BCUT2D eigenvalue weighted by Crippen LogP contribution is 2.23. The smallest absolute Gasteiger partial charge is 0.0931 e. The molecule has 4 heteroatoms. The lowest BCUT2D eigenvalue weighted by Crippen LogP contribution is -2.26. The Morgan fingerprint density at radius 3 is 3.00 bits per heavy atom. The maximum atomic E-state index is 6.14. The van der Waals surface area contributed by atoms with E-state index in [-0.39, 0.29) is 6.04 Å². The average molecular weight is 274 g/mol. The van der Waals surface area contributed by atoms with E-state index in [1.807, 2.05) is 6.07 Å². The minimum absolute atomic E-state index is 0.232. The molecule has 1 aliphatic heterocycles. The molecule has 2 unspecified atom stereocenters. The first-order chi connectivity index (χ1) is 8.24. The molecule has 0 saturated carbocycles. The third-order valence-electron chi connectivity index (χ3n) is 3.23. The molecule has 2 N–H and O–H groups in total. The number of nitrogens with two attached hydrogens (primary N) is 1. The molecular weight excluding hydrogens is 254 g/mol. The van der Waals surface area contributed by atoms with Crippen LogP contribution >= 0.6 is 22.9 Å². The van der Waals surface area contributed by atoms with E-state index in [4.69, 9.17) is 22.1 Å². The Hall–Kier alpha value is -0.0900. The van der Waals surface area contributed by atoms with Crippen molar-refractivity contribution in [3.8, 4) is 0 Å². The fourth-order valence-electron chi connectivity index (χ4n) is 2.26. The highest BCUT2D eigenvalue weighted by atomic mass is 35.5. The van der Waals surface area contributed by atoms with Crippen molar-refractivity contribution in [3.63, 3.8) is 0 Å². The molecule has 1 aromatic rings. The number of halogens is 1. The zero-order valence-electron chi connectivity index (χ0n) is 10.0.